The number of benzene rings is 3. The summed E-state index contributed by atoms with van der Waals surface area (Å²) in [4.78, 5) is 23.3. The average Bonchev–Trinajstić information content (AvgIpc) is 2.62. The van der Waals surface area contributed by atoms with Crippen molar-refractivity contribution in [3.05, 3.63) is 83.9 Å². The summed E-state index contributed by atoms with van der Waals surface area (Å²) < 4.78 is 5.93. The monoisotopic (exact) mass is 332 g/mol. The highest BCUT2D eigenvalue weighted by molar-refractivity contribution is 6.03. The molecular formula is C20H16N2O3. The molecule has 25 heavy (non-hydrogen) atoms. The maximum absolute atomic E-state index is 11.8. The van der Waals surface area contributed by atoms with Gasteiger partial charge in [0.1, 0.15) is 11.5 Å². The van der Waals surface area contributed by atoms with Gasteiger partial charge in [-0.25, -0.2) is 0 Å². The fourth-order valence-corrected chi connectivity index (χ4v) is 2.53. The molecule has 3 aromatic carbocycles. The van der Waals surface area contributed by atoms with Crippen molar-refractivity contribution in [2.45, 2.75) is 0 Å². The standard InChI is InChI=1S/C20H16N2O3/c21-19(23)13-10-11-16(20(22)24)17(12-13)15-8-4-5-9-18(15)25-14-6-2-1-3-7-14/h1-12H,(H2,21,23)(H2,22,24). The molecule has 3 rings (SSSR count). The summed E-state index contributed by atoms with van der Waals surface area (Å²) >= 11 is 0. The van der Waals surface area contributed by atoms with Crippen LogP contribution in [-0.2, 0) is 0 Å². The van der Waals surface area contributed by atoms with E-state index >= 15 is 0 Å². The molecule has 0 atom stereocenters. The highest BCUT2D eigenvalue weighted by atomic mass is 16.5. The largest absolute Gasteiger partial charge is 0.457 e. The summed E-state index contributed by atoms with van der Waals surface area (Å²) in [6.45, 7) is 0. The molecule has 2 amide bonds. The van der Waals surface area contributed by atoms with Gasteiger partial charge < -0.3 is 16.2 Å². The molecule has 0 saturated heterocycles. The van der Waals surface area contributed by atoms with Gasteiger partial charge in [0.2, 0.25) is 11.8 Å². The number of amides is 2. The normalized spacial score (nSPS) is 10.2. The van der Waals surface area contributed by atoms with Crippen LogP contribution in [0.2, 0.25) is 0 Å². The molecule has 124 valence electrons. The van der Waals surface area contributed by atoms with Crippen molar-refractivity contribution in [3.8, 4) is 22.6 Å². The Bertz CT molecular complexity index is 937. The Balaban J connectivity index is 2.15. The lowest BCUT2D eigenvalue weighted by atomic mass is 9.96. The lowest BCUT2D eigenvalue weighted by Gasteiger charge is -2.14. The minimum atomic E-state index is -0.597. The van der Waals surface area contributed by atoms with Gasteiger partial charge >= 0.3 is 0 Å². The highest BCUT2D eigenvalue weighted by Gasteiger charge is 2.16. The van der Waals surface area contributed by atoms with E-state index in [0.717, 1.165) is 0 Å². The number of rotatable bonds is 5. The van der Waals surface area contributed by atoms with Crippen molar-refractivity contribution in [1.82, 2.24) is 0 Å². The van der Waals surface area contributed by atoms with Gasteiger partial charge in [-0.15, -0.1) is 0 Å². The summed E-state index contributed by atoms with van der Waals surface area (Å²) in [7, 11) is 0. The summed E-state index contributed by atoms with van der Waals surface area (Å²) in [5.74, 6) is 0.0127. The van der Waals surface area contributed by atoms with Crippen LogP contribution >= 0.6 is 0 Å². The molecule has 0 aromatic heterocycles. The van der Waals surface area contributed by atoms with Crippen LogP contribution in [0.3, 0.4) is 0 Å². The van der Waals surface area contributed by atoms with Crippen LogP contribution in [0.1, 0.15) is 20.7 Å². The Hall–Kier alpha value is -3.60. The van der Waals surface area contributed by atoms with Crippen molar-refractivity contribution in [3.63, 3.8) is 0 Å². The molecular weight excluding hydrogens is 316 g/mol. The van der Waals surface area contributed by atoms with Crippen LogP contribution in [0.5, 0.6) is 11.5 Å². The maximum atomic E-state index is 11.8. The SMILES string of the molecule is NC(=O)c1ccc(C(N)=O)c(-c2ccccc2Oc2ccccc2)c1. The van der Waals surface area contributed by atoms with Crippen LogP contribution < -0.4 is 16.2 Å². The Morgan fingerprint density at radius 2 is 1.40 bits per heavy atom. The molecule has 0 fully saturated rings. The van der Waals surface area contributed by atoms with Gasteiger partial charge in [0, 0.05) is 16.7 Å². The van der Waals surface area contributed by atoms with Crippen molar-refractivity contribution >= 4 is 11.8 Å². The van der Waals surface area contributed by atoms with E-state index in [2.05, 4.69) is 0 Å². The molecule has 0 radical (unpaired) electrons. The first-order valence-corrected chi connectivity index (χ1v) is 7.62. The third-order valence-corrected chi connectivity index (χ3v) is 3.72. The zero-order chi connectivity index (χ0) is 17.8. The van der Waals surface area contributed by atoms with E-state index in [9.17, 15) is 9.59 Å². The van der Waals surface area contributed by atoms with Crippen LogP contribution in [0.15, 0.2) is 72.8 Å². The third kappa shape index (κ3) is 3.50. The van der Waals surface area contributed by atoms with Crippen molar-refractivity contribution < 1.29 is 14.3 Å². The number of hydrogen-bond acceptors (Lipinski definition) is 3. The summed E-state index contributed by atoms with van der Waals surface area (Å²) in [6.07, 6.45) is 0. The van der Waals surface area contributed by atoms with E-state index in [1.54, 1.807) is 18.2 Å². The second-order valence-corrected chi connectivity index (χ2v) is 5.40. The summed E-state index contributed by atoms with van der Waals surface area (Å²) in [5, 5.41) is 0. The molecule has 0 unspecified atom stereocenters. The van der Waals surface area contributed by atoms with E-state index in [1.165, 1.54) is 12.1 Å². The Kier molecular flexibility index (Phi) is 4.48. The van der Waals surface area contributed by atoms with E-state index in [-0.39, 0.29) is 11.1 Å². The van der Waals surface area contributed by atoms with Crippen molar-refractivity contribution in [2.75, 3.05) is 0 Å². The van der Waals surface area contributed by atoms with Crippen LogP contribution in [0.25, 0.3) is 11.1 Å². The topological polar surface area (TPSA) is 95.4 Å². The fraction of sp³-hybridized carbons (Fsp3) is 0. The number of ether oxygens (including phenoxy) is 1. The van der Waals surface area contributed by atoms with Gasteiger partial charge in [0.05, 0.1) is 0 Å². The molecule has 4 N–H and O–H groups in total. The first-order chi connectivity index (χ1) is 12.1. The zero-order valence-corrected chi connectivity index (χ0v) is 13.3. The number of nitrogens with two attached hydrogens (primary N) is 2. The molecule has 0 heterocycles. The Morgan fingerprint density at radius 1 is 0.720 bits per heavy atom. The maximum Gasteiger partial charge on any atom is 0.249 e. The predicted octanol–water partition coefficient (Wildman–Crippen LogP) is 3.34. The molecule has 0 spiro atoms. The molecule has 3 aromatic rings. The number of primary amides is 2. The van der Waals surface area contributed by atoms with E-state index in [4.69, 9.17) is 16.2 Å². The molecule has 0 bridgehead atoms. The lowest BCUT2D eigenvalue weighted by Crippen LogP contribution is -2.15. The Morgan fingerprint density at radius 3 is 2.08 bits per heavy atom. The highest BCUT2D eigenvalue weighted by Crippen LogP contribution is 2.35. The first-order valence-electron chi connectivity index (χ1n) is 7.62. The second-order valence-electron chi connectivity index (χ2n) is 5.40. The van der Waals surface area contributed by atoms with Gasteiger partial charge in [0.15, 0.2) is 0 Å². The van der Waals surface area contributed by atoms with Gasteiger partial charge in [-0.05, 0) is 42.0 Å². The van der Waals surface area contributed by atoms with Crippen LogP contribution in [-0.4, -0.2) is 11.8 Å². The quantitative estimate of drug-likeness (QED) is 0.750. The molecule has 0 aliphatic carbocycles. The van der Waals surface area contributed by atoms with Crippen molar-refractivity contribution in [2.24, 2.45) is 11.5 Å². The molecule has 5 heteroatoms. The summed E-state index contributed by atoms with van der Waals surface area (Å²) in [5.41, 5.74) is 12.6. The van der Waals surface area contributed by atoms with E-state index < -0.39 is 11.8 Å². The van der Waals surface area contributed by atoms with E-state index in [1.807, 2.05) is 42.5 Å². The smallest absolute Gasteiger partial charge is 0.249 e. The molecule has 0 saturated carbocycles. The lowest BCUT2D eigenvalue weighted by molar-refractivity contribution is 0.0988. The first kappa shape index (κ1) is 16.3. The molecule has 0 aliphatic rings. The predicted molar refractivity (Wildman–Crippen MR) is 95.4 cm³/mol. The minimum Gasteiger partial charge on any atom is -0.457 e. The molecule has 5 nitrogen and oxygen atoms in total. The molecule has 0 aliphatic heterocycles. The van der Waals surface area contributed by atoms with Crippen molar-refractivity contribution in [1.29, 1.82) is 0 Å². The van der Waals surface area contributed by atoms with Gasteiger partial charge in [-0.2, -0.15) is 0 Å². The number of carbonyl (C=O) groups excluding carboxylic acids is 2. The summed E-state index contributed by atoms with van der Waals surface area (Å²) in [6, 6.07) is 21.0. The van der Waals surface area contributed by atoms with Gasteiger partial charge in [-0.1, -0.05) is 36.4 Å². The average molecular weight is 332 g/mol. The van der Waals surface area contributed by atoms with Gasteiger partial charge in [-0.3, -0.25) is 9.59 Å². The van der Waals surface area contributed by atoms with E-state index in [0.29, 0.717) is 22.6 Å². The Labute approximate surface area is 144 Å². The number of hydrogen-bond donors (Lipinski definition) is 2. The minimum absolute atomic E-state index is 0.286. The fourth-order valence-electron chi connectivity index (χ4n) is 2.53. The zero-order valence-electron chi connectivity index (χ0n) is 13.3. The second kappa shape index (κ2) is 6.88. The number of para-hydroxylation sites is 2. The van der Waals surface area contributed by atoms with Gasteiger partial charge in [0.25, 0.3) is 0 Å². The number of carbonyl (C=O) groups is 2. The van der Waals surface area contributed by atoms with Crippen LogP contribution in [0, 0.1) is 0 Å². The third-order valence-electron chi connectivity index (χ3n) is 3.72. The van der Waals surface area contributed by atoms with Crippen LogP contribution in [0.4, 0.5) is 0 Å².